The minimum absolute atomic E-state index is 0.195. The number of likely N-dealkylation sites (tertiary alicyclic amines) is 1. The molecule has 1 aromatic rings. The first-order valence-electron chi connectivity index (χ1n) is 7.24. The number of halogens is 1. The van der Waals surface area contributed by atoms with Crippen LogP contribution < -0.4 is 0 Å². The molecule has 0 radical (unpaired) electrons. The molecule has 4 nitrogen and oxygen atoms in total. The molecule has 1 fully saturated rings. The summed E-state index contributed by atoms with van der Waals surface area (Å²) in [6, 6.07) is 5.56. The second-order valence-corrected chi connectivity index (χ2v) is 6.48. The molecule has 1 heterocycles. The third kappa shape index (κ3) is 2.84. The number of amides is 1. The van der Waals surface area contributed by atoms with E-state index in [4.69, 9.17) is 0 Å². The van der Waals surface area contributed by atoms with Crippen LogP contribution >= 0.6 is 15.9 Å². The fourth-order valence-corrected chi connectivity index (χ4v) is 3.54. The van der Waals surface area contributed by atoms with Crippen molar-refractivity contribution in [2.24, 2.45) is 0 Å². The quantitative estimate of drug-likeness (QED) is 0.899. The van der Waals surface area contributed by atoms with Gasteiger partial charge in [0.15, 0.2) is 0 Å². The summed E-state index contributed by atoms with van der Waals surface area (Å²) in [5.74, 6) is -1.09. The van der Waals surface area contributed by atoms with E-state index < -0.39 is 11.5 Å². The zero-order chi connectivity index (χ0) is 15.6. The summed E-state index contributed by atoms with van der Waals surface area (Å²) in [6.07, 6.45) is 2.51. The molecule has 1 atom stereocenters. The molecule has 1 unspecified atom stereocenters. The SMILES string of the molecule is CCCC1(C(=O)O)CCCN1C(=O)c1cc(C)ccc1Br. The number of carboxylic acid groups (broad SMARTS) is 1. The van der Waals surface area contributed by atoms with Crippen molar-refractivity contribution in [3.63, 3.8) is 0 Å². The molecule has 0 aromatic heterocycles. The maximum absolute atomic E-state index is 12.8. The molecule has 2 rings (SSSR count). The second-order valence-electron chi connectivity index (χ2n) is 5.63. The van der Waals surface area contributed by atoms with E-state index in [1.165, 1.54) is 0 Å². The van der Waals surface area contributed by atoms with Crippen LogP contribution in [0.3, 0.4) is 0 Å². The van der Waals surface area contributed by atoms with Crippen LogP contribution in [0, 0.1) is 6.92 Å². The van der Waals surface area contributed by atoms with Crippen molar-refractivity contribution in [3.8, 4) is 0 Å². The van der Waals surface area contributed by atoms with E-state index in [0.29, 0.717) is 29.4 Å². The monoisotopic (exact) mass is 353 g/mol. The number of aryl methyl sites for hydroxylation is 1. The fraction of sp³-hybridized carbons (Fsp3) is 0.500. The predicted molar refractivity (Wildman–Crippen MR) is 84.4 cm³/mol. The highest BCUT2D eigenvalue weighted by Crippen LogP contribution is 2.36. The van der Waals surface area contributed by atoms with Crippen LogP contribution in [0.4, 0.5) is 0 Å². The Morgan fingerprint density at radius 3 is 2.76 bits per heavy atom. The average molecular weight is 354 g/mol. The molecule has 0 saturated carbocycles. The van der Waals surface area contributed by atoms with E-state index >= 15 is 0 Å². The Balaban J connectivity index is 2.41. The van der Waals surface area contributed by atoms with Crippen molar-refractivity contribution in [1.29, 1.82) is 0 Å². The molecule has 0 aliphatic carbocycles. The van der Waals surface area contributed by atoms with E-state index in [1.807, 2.05) is 32.0 Å². The zero-order valence-corrected chi connectivity index (χ0v) is 13.9. The minimum Gasteiger partial charge on any atom is -0.479 e. The number of hydrogen-bond donors (Lipinski definition) is 1. The van der Waals surface area contributed by atoms with E-state index in [-0.39, 0.29) is 5.91 Å². The van der Waals surface area contributed by atoms with E-state index in [2.05, 4.69) is 15.9 Å². The average Bonchev–Trinajstić information content (AvgIpc) is 2.86. The van der Waals surface area contributed by atoms with Crippen LogP contribution in [-0.4, -0.2) is 34.0 Å². The normalized spacial score (nSPS) is 21.6. The first kappa shape index (κ1) is 16.0. The minimum atomic E-state index is -1.05. The number of nitrogens with zero attached hydrogens (tertiary/aromatic N) is 1. The lowest BCUT2D eigenvalue weighted by Gasteiger charge is -2.35. The third-order valence-corrected chi connectivity index (χ3v) is 4.84. The van der Waals surface area contributed by atoms with Crippen LogP contribution in [0.15, 0.2) is 22.7 Å². The molecule has 1 aliphatic heterocycles. The summed E-state index contributed by atoms with van der Waals surface area (Å²) >= 11 is 3.40. The van der Waals surface area contributed by atoms with Gasteiger partial charge in [-0.1, -0.05) is 25.0 Å². The Labute approximate surface area is 133 Å². The smallest absolute Gasteiger partial charge is 0.329 e. The number of carboxylic acids is 1. The summed E-state index contributed by atoms with van der Waals surface area (Å²) in [5, 5.41) is 9.68. The first-order valence-corrected chi connectivity index (χ1v) is 8.03. The van der Waals surface area contributed by atoms with E-state index in [1.54, 1.807) is 4.90 Å². The molecule has 114 valence electrons. The summed E-state index contributed by atoms with van der Waals surface area (Å²) in [4.78, 5) is 26.2. The third-order valence-electron chi connectivity index (χ3n) is 4.15. The van der Waals surface area contributed by atoms with Crippen LogP contribution in [0.25, 0.3) is 0 Å². The van der Waals surface area contributed by atoms with Gasteiger partial charge >= 0.3 is 5.97 Å². The number of aliphatic carboxylic acids is 1. The van der Waals surface area contributed by atoms with E-state index in [9.17, 15) is 14.7 Å². The van der Waals surface area contributed by atoms with Crippen LogP contribution in [-0.2, 0) is 4.79 Å². The fourth-order valence-electron chi connectivity index (χ4n) is 3.13. The van der Waals surface area contributed by atoms with Gasteiger partial charge in [0, 0.05) is 11.0 Å². The Kier molecular flexibility index (Phi) is 4.71. The Bertz CT molecular complexity index is 573. The summed E-state index contributed by atoms with van der Waals surface area (Å²) < 4.78 is 0.709. The van der Waals surface area contributed by atoms with Gasteiger partial charge < -0.3 is 10.0 Å². The molecular weight excluding hydrogens is 334 g/mol. The topological polar surface area (TPSA) is 57.6 Å². The molecule has 1 saturated heterocycles. The second kappa shape index (κ2) is 6.18. The number of carbonyl (C=O) groups excluding carboxylic acids is 1. The van der Waals surface area contributed by atoms with Crippen LogP contribution in [0.1, 0.15) is 48.5 Å². The lowest BCUT2D eigenvalue weighted by molar-refractivity contribution is -0.148. The van der Waals surface area contributed by atoms with E-state index in [0.717, 1.165) is 18.4 Å². The molecule has 21 heavy (non-hydrogen) atoms. The number of benzene rings is 1. The van der Waals surface area contributed by atoms with Gasteiger partial charge in [0.2, 0.25) is 0 Å². The highest BCUT2D eigenvalue weighted by Gasteiger charge is 2.49. The predicted octanol–water partition coefficient (Wildman–Crippen LogP) is 3.62. The lowest BCUT2D eigenvalue weighted by atomic mass is 9.90. The summed E-state index contributed by atoms with van der Waals surface area (Å²) in [7, 11) is 0. The van der Waals surface area contributed by atoms with Gasteiger partial charge in [-0.15, -0.1) is 0 Å². The maximum Gasteiger partial charge on any atom is 0.329 e. The lowest BCUT2D eigenvalue weighted by Crippen LogP contribution is -2.53. The van der Waals surface area contributed by atoms with Crippen molar-refractivity contribution in [2.75, 3.05) is 6.54 Å². The molecular formula is C16H20BrNO3. The Hall–Kier alpha value is -1.36. The highest BCUT2D eigenvalue weighted by atomic mass is 79.9. The standard InChI is InChI=1S/C16H20BrNO3/c1-3-7-16(15(20)21)8-4-9-18(16)14(19)12-10-11(2)5-6-13(12)17/h5-6,10H,3-4,7-9H2,1-2H3,(H,20,21). The number of carbonyl (C=O) groups is 2. The van der Waals surface area contributed by atoms with Gasteiger partial charge in [0.05, 0.1) is 5.56 Å². The zero-order valence-electron chi connectivity index (χ0n) is 12.4. The molecule has 1 N–H and O–H groups in total. The molecule has 1 amide bonds. The van der Waals surface area contributed by atoms with Crippen molar-refractivity contribution in [1.82, 2.24) is 4.90 Å². The summed E-state index contributed by atoms with van der Waals surface area (Å²) in [6.45, 7) is 4.38. The first-order chi connectivity index (χ1) is 9.92. The molecule has 0 bridgehead atoms. The van der Waals surface area contributed by atoms with Gasteiger partial charge in [-0.2, -0.15) is 0 Å². The number of hydrogen-bond acceptors (Lipinski definition) is 2. The van der Waals surface area contributed by atoms with Gasteiger partial charge in [0.25, 0.3) is 5.91 Å². The van der Waals surface area contributed by atoms with Gasteiger partial charge in [-0.05, 0) is 54.2 Å². The van der Waals surface area contributed by atoms with Crippen LogP contribution in [0.5, 0.6) is 0 Å². The van der Waals surface area contributed by atoms with Crippen molar-refractivity contribution in [2.45, 2.75) is 45.1 Å². The largest absolute Gasteiger partial charge is 0.479 e. The molecule has 5 heteroatoms. The molecule has 0 spiro atoms. The van der Waals surface area contributed by atoms with Gasteiger partial charge in [-0.25, -0.2) is 4.79 Å². The Morgan fingerprint density at radius 1 is 1.43 bits per heavy atom. The van der Waals surface area contributed by atoms with Crippen molar-refractivity contribution >= 4 is 27.8 Å². The molecule has 1 aromatic carbocycles. The highest BCUT2D eigenvalue weighted by molar-refractivity contribution is 9.10. The maximum atomic E-state index is 12.8. The van der Waals surface area contributed by atoms with Gasteiger partial charge in [0.1, 0.15) is 5.54 Å². The van der Waals surface area contributed by atoms with Crippen molar-refractivity contribution < 1.29 is 14.7 Å². The van der Waals surface area contributed by atoms with Crippen molar-refractivity contribution in [3.05, 3.63) is 33.8 Å². The van der Waals surface area contributed by atoms with Crippen LogP contribution in [0.2, 0.25) is 0 Å². The Morgan fingerprint density at radius 2 is 2.14 bits per heavy atom. The molecule has 1 aliphatic rings. The summed E-state index contributed by atoms with van der Waals surface area (Å²) in [5.41, 5.74) is 0.477. The number of rotatable bonds is 4. The van der Waals surface area contributed by atoms with Gasteiger partial charge in [-0.3, -0.25) is 4.79 Å².